The maximum absolute atomic E-state index is 11.8. The van der Waals surface area contributed by atoms with E-state index < -0.39 is 10.2 Å². The van der Waals surface area contributed by atoms with Crippen LogP contribution in [0.1, 0.15) is 12.8 Å². The molecule has 18 heavy (non-hydrogen) atoms. The fraction of sp³-hybridized carbons (Fsp3) is 1.00. The molecular weight excluding hydrogens is 278 g/mol. The van der Waals surface area contributed by atoms with Gasteiger partial charge in [0.05, 0.1) is 6.61 Å². The van der Waals surface area contributed by atoms with Crippen molar-refractivity contribution in [2.45, 2.75) is 12.8 Å². The SMILES string of the molecule is COCCN(C)S(=O)(=O)NCC1CCCNC1.Cl. The Hall–Kier alpha value is 0.0800. The molecule has 1 rings (SSSR count). The molecule has 1 saturated heterocycles. The lowest BCUT2D eigenvalue weighted by atomic mass is 10.0. The Morgan fingerprint density at radius 1 is 1.50 bits per heavy atom. The molecule has 0 saturated carbocycles. The first kappa shape index (κ1) is 18.1. The summed E-state index contributed by atoms with van der Waals surface area (Å²) in [6, 6.07) is 0. The van der Waals surface area contributed by atoms with Gasteiger partial charge in [-0.25, -0.2) is 4.72 Å². The van der Waals surface area contributed by atoms with Crippen LogP contribution >= 0.6 is 12.4 Å². The van der Waals surface area contributed by atoms with E-state index in [2.05, 4.69) is 10.0 Å². The third-order valence-electron chi connectivity index (χ3n) is 2.97. The maximum atomic E-state index is 11.8. The highest BCUT2D eigenvalue weighted by molar-refractivity contribution is 7.87. The number of hydrogen-bond donors (Lipinski definition) is 2. The molecule has 110 valence electrons. The minimum absolute atomic E-state index is 0. The minimum Gasteiger partial charge on any atom is -0.383 e. The van der Waals surface area contributed by atoms with E-state index in [1.54, 1.807) is 14.2 Å². The van der Waals surface area contributed by atoms with Gasteiger partial charge >= 0.3 is 0 Å². The molecule has 8 heteroatoms. The number of rotatable bonds is 7. The maximum Gasteiger partial charge on any atom is 0.279 e. The molecule has 1 aliphatic rings. The molecule has 0 aromatic carbocycles. The highest BCUT2D eigenvalue weighted by Crippen LogP contribution is 2.09. The Morgan fingerprint density at radius 3 is 2.78 bits per heavy atom. The third kappa shape index (κ3) is 6.31. The Labute approximate surface area is 116 Å². The van der Waals surface area contributed by atoms with Crippen molar-refractivity contribution in [3.63, 3.8) is 0 Å². The van der Waals surface area contributed by atoms with Crippen LogP contribution in [-0.4, -0.2) is 59.7 Å². The number of nitrogens with one attached hydrogen (secondary N) is 2. The number of piperidine rings is 1. The van der Waals surface area contributed by atoms with Gasteiger partial charge in [-0.05, 0) is 31.8 Å². The summed E-state index contributed by atoms with van der Waals surface area (Å²) < 4.78 is 32.4. The zero-order valence-corrected chi connectivity index (χ0v) is 12.6. The van der Waals surface area contributed by atoms with E-state index in [1.165, 1.54) is 4.31 Å². The Morgan fingerprint density at radius 2 is 2.22 bits per heavy atom. The molecule has 1 aliphatic heterocycles. The average molecular weight is 302 g/mol. The second-order valence-corrected chi connectivity index (χ2v) is 6.24. The van der Waals surface area contributed by atoms with Gasteiger partial charge in [-0.15, -0.1) is 12.4 Å². The third-order valence-corrected chi connectivity index (χ3v) is 4.51. The van der Waals surface area contributed by atoms with Gasteiger partial charge in [0.2, 0.25) is 0 Å². The topological polar surface area (TPSA) is 70.7 Å². The number of nitrogens with zero attached hydrogens (tertiary/aromatic N) is 1. The molecule has 1 fully saturated rings. The number of ether oxygens (including phenoxy) is 1. The summed E-state index contributed by atoms with van der Waals surface area (Å²) in [4.78, 5) is 0. The quantitative estimate of drug-likeness (QED) is 0.684. The zero-order chi connectivity index (χ0) is 12.7. The molecule has 0 aliphatic carbocycles. The smallest absolute Gasteiger partial charge is 0.279 e. The minimum atomic E-state index is -3.36. The molecule has 0 aromatic heterocycles. The number of halogens is 1. The van der Waals surface area contributed by atoms with Gasteiger partial charge < -0.3 is 10.1 Å². The largest absolute Gasteiger partial charge is 0.383 e. The lowest BCUT2D eigenvalue weighted by Crippen LogP contribution is -2.44. The predicted molar refractivity (Wildman–Crippen MR) is 74.3 cm³/mol. The molecule has 1 heterocycles. The first-order valence-corrected chi connectivity index (χ1v) is 7.41. The average Bonchev–Trinajstić information content (AvgIpc) is 2.35. The van der Waals surface area contributed by atoms with Crippen LogP contribution in [0.3, 0.4) is 0 Å². The first-order chi connectivity index (χ1) is 8.06. The lowest BCUT2D eigenvalue weighted by Gasteiger charge is -2.24. The van der Waals surface area contributed by atoms with Crippen molar-refractivity contribution in [1.82, 2.24) is 14.3 Å². The fourth-order valence-corrected chi connectivity index (χ4v) is 2.75. The van der Waals surface area contributed by atoms with Crippen molar-refractivity contribution >= 4 is 22.6 Å². The van der Waals surface area contributed by atoms with Crippen molar-refractivity contribution in [2.75, 3.05) is 46.9 Å². The monoisotopic (exact) mass is 301 g/mol. The second-order valence-electron chi connectivity index (χ2n) is 4.38. The molecular formula is C10H24ClN3O3S. The summed E-state index contributed by atoms with van der Waals surface area (Å²) in [6.45, 7) is 3.21. The van der Waals surface area contributed by atoms with Gasteiger partial charge in [0, 0.05) is 27.2 Å². The molecule has 0 spiro atoms. The summed E-state index contributed by atoms with van der Waals surface area (Å²) in [5, 5.41) is 3.27. The zero-order valence-electron chi connectivity index (χ0n) is 11.0. The van der Waals surface area contributed by atoms with Gasteiger partial charge in [-0.1, -0.05) is 0 Å². The van der Waals surface area contributed by atoms with Crippen molar-refractivity contribution in [3.8, 4) is 0 Å². The van der Waals surface area contributed by atoms with Crippen molar-refractivity contribution in [2.24, 2.45) is 5.92 Å². The van der Waals surface area contributed by atoms with Gasteiger partial charge in [-0.3, -0.25) is 0 Å². The summed E-state index contributed by atoms with van der Waals surface area (Å²) in [5.41, 5.74) is 0. The van der Waals surface area contributed by atoms with Crippen LogP contribution in [-0.2, 0) is 14.9 Å². The molecule has 0 aromatic rings. The number of hydrogen-bond acceptors (Lipinski definition) is 4. The molecule has 0 amide bonds. The van der Waals surface area contributed by atoms with Gasteiger partial charge in [0.1, 0.15) is 0 Å². The summed E-state index contributed by atoms with van der Waals surface area (Å²) in [5.74, 6) is 0.398. The summed E-state index contributed by atoms with van der Waals surface area (Å²) in [7, 11) is -0.243. The van der Waals surface area contributed by atoms with E-state index in [1.807, 2.05) is 0 Å². The van der Waals surface area contributed by atoms with E-state index in [4.69, 9.17) is 4.74 Å². The van der Waals surface area contributed by atoms with Gasteiger partial charge in [0.15, 0.2) is 0 Å². The fourth-order valence-electron chi connectivity index (χ4n) is 1.77. The van der Waals surface area contributed by atoms with E-state index >= 15 is 0 Å². The van der Waals surface area contributed by atoms with Crippen molar-refractivity contribution in [3.05, 3.63) is 0 Å². The van der Waals surface area contributed by atoms with Crippen molar-refractivity contribution in [1.29, 1.82) is 0 Å². The van der Waals surface area contributed by atoms with Crippen LogP contribution < -0.4 is 10.0 Å². The van der Waals surface area contributed by atoms with E-state index in [0.717, 1.165) is 25.9 Å². The highest BCUT2D eigenvalue weighted by atomic mass is 35.5. The molecule has 1 unspecified atom stereocenters. The molecule has 1 atom stereocenters. The Kier molecular flexibility index (Phi) is 9.10. The number of likely N-dealkylation sites (N-methyl/N-ethyl adjacent to an activating group) is 1. The van der Waals surface area contributed by atoms with Crippen LogP contribution in [0, 0.1) is 5.92 Å². The van der Waals surface area contributed by atoms with Gasteiger partial charge in [0.25, 0.3) is 10.2 Å². The van der Waals surface area contributed by atoms with Crippen LogP contribution in [0.25, 0.3) is 0 Å². The number of methoxy groups -OCH3 is 1. The predicted octanol–water partition coefficient (Wildman–Crippen LogP) is -0.180. The highest BCUT2D eigenvalue weighted by Gasteiger charge is 2.20. The van der Waals surface area contributed by atoms with E-state index in [-0.39, 0.29) is 12.4 Å². The molecule has 2 N–H and O–H groups in total. The van der Waals surface area contributed by atoms with Crippen LogP contribution in [0.15, 0.2) is 0 Å². The Balaban J connectivity index is 0.00000289. The molecule has 0 radical (unpaired) electrons. The van der Waals surface area contributed by atoms with Crippen LogP contribution in [0.5, 0.6) is 0 Å². The normalized spacial score (nSPS) is 20.7. The first-order valence-electron chi connectivity index (χ1n) is 5.97. The Bertz CT molecular complexity index is 307. The van der Waals surface area contributed by atoms with Gasteiger partial charge in [-0.2, -0.15) is 12.7 Å². The van der Waals surface area contributed by atoms with Crippen LogP contribution in [0.2, 0.25) is 0 Å². The molecule has 0 bridgehead atoms. The summed E-state index contributed by atoms with van der Waals surface area (Å²) in [6.07, 6.45) is 2.20. The lowest BCUT2D eigenvalue weighted by molar-refractivity contribution is 0.184. The van der Waals surface area contributed by atoms with E-state index in [9.17, 15) is 8.42 Å². The summed E-state index contributed by atoms with van der Waals surface area (Å²) >= 11 is 0. The van der Waals surface area contributed by atoms with Crippen molar-refractivity contribution < 1.29 is 13.2 Å². The van der Waals surface area contributed by atoms with Crippen LogP contribution in [0.4, 0.5) is 0 Å². The molecule has 6 nitrogen and oxygen atoms in total. The van der Waals surface area contributed by atoms with E-state index in [0.29, 0.717) is 25.6 Å². The second kappa shape index (κ2) is 9.06. The standard InChI is InChI=1S/C10H23N3O3S.ClH/c1-13(6-7-16-2)17(14,15)12-9-10-4-3-5-11-8-10;/h10-12H,3-9H2,1-2H3;1H.